The molecule has 0 saturated carbocycles. The van der Waals surface area contributed by atoms with E-state index in [1.54, 1.807) is 0 Å². The van der Waals surface area contributed by atoms with E-state index < -0.39 is 0 Å². The van der Waals surface area contributed by atoms with Crippen molar-refractivity contribution in [2.24, 2.45) is 10.9 Å². The summed E-state index contributed by atoms with van der Waals surface area (Å²) in [6.45, 7) is 3.51. The van der Waals surface area contributed by atoms with Crippen molar-refractivity contribution in [1.82, 2.24) is 0 Å². The van der Waals surface area contributed by atoms with Crippen molar-refractivity contribution in [2.45, 2.75) is 26.2 Å². The van der Waals surface area contributed by atoms with Crippen LogP contribution in [0.25, 0.3) is 0 Å². The van der Waals surface area contributed by atoms with Crippen LogP contribution in [0.2, 0.25) is 0 Å². The van der Waals surface area contributed by atoms with Crippen LogP contribution in [0.4, 0.5) is 5.69 Å². The molecule has 0 aliphatic heterocycles. The number of nitrogens with one attached hydrogen (secondary N) is 1. The lowest BCUT2D eigenvalue weighted by Gasteiger charge is -2.07. The monoisotopic (exact) mass is 251 g/mol. The lowest BCUT2D eigenvalue weighted by Crippen LogP contribution is -2.11. The zero-order valence-electron chi connectivity index (χ0n) is 10.7. The molecule has 100 valence electrons. The normalized spacial score (nSPS) is 11.3. The van der Waals surface area contributed by atoms with Crippen LogP contribution in [0.15, 0.2) is 29.4 Å². The predicted octanol–water partition coefficient (Wildman–Crippen LogP) is 2.41. The molecule has 4 N–H and O–H groups in total. The first-order chi connectivity index (χ1) is 8.76. The Hall–Kier alpha value is -1.91. The van der Waals surface area contributed by atoms with Crippen molar-refractivity contribution in [1.29, 1.82) is 0 Å². The van der Waals surface area contributed by atoms with Crippen molar-refractivity contribution < 1.29 is 9.94 Å². The second kappa shape index (κ2) is 8.22. The van der Waals surface area contributed by atoms with Crippen molar-refractivity contribution >= 4 is 11.5 Å². The number of benzene rings is 1. The van der Waals surface area contributed by atoms with Gasteiger partial charge in [-0.2, -0.15) is 0 Å². The Morgan fingerprint density at radius 1 is 1.33 bits per heavy atom. The third kappa shape index (κ3) is 5.43. The summed E-state index contributed by atoms with van der Waals surface area (Å²) >= 11 is 0. The van der Waals surface area contributed by atoms with Crippen LogP contribution in [-0.4, -0.2) is 24.2 Å². The Morgan fingerprint density at radius 2 is 2.06 bits per heavy atom. The van der Waals surface area contributed by atoms with Gasteiger partial charge in [0.05, 0.1) is 6.61 Å². The summed E-state index contributed by atoms with van der Waals surface area (Å²) in [4.78, 5) is 0. The second-order valence-corrected chi connectivity index (χ2v) is 3.93. The number of ether oxygens (including phenoxy) is 1. The van der Waals surface area contributed by atoms with E-state index in [9.17, 15) is 0 Å². The minimum absolute atomic E-state index is 0.288. The van der Waals surface area contributed by atoms with E-state index in [0.717, 1.165) is 30.8 Å². The zero-order valence-corrected chi connectivity index (χ0v) is 10.7. The van der Waals surface area contributed by atoms with Crippen molar-refractivity contribution in [2.75, 3.05) is 18.5 Å². The Bertz CT molecular complexity index is 363. The standard InChI is InChI=1S/C13H21N3O2/c1-2-18-12-8-6-11(7-9-12)15-10-4-3-5-13(14)16-17/h6-9,15,17H,2-5,10H2,1H3,(H2,14,16). The highest BCUT2D eigenvalue weighted by Crippen LogP contribution is 2.15. The number of oxime groups is 1. The van der Waals surface area contributed by atoms with Gasteiger partial charge in [-0.15, -0.1) is 0 Å². The Kier molecular flexibility index (Phi) is 6.46. The van der Waals surface area contributed by atoms with Gasteiger partial charge >= 0.3 is 0 Å². The summed E-state index contributed by atoms with van der Waals surface area (Å²) in [5.74, 6) is 1.17. The smallest absolute Gasteiger partial charge is 0.139 e. The van der Waals surface area contributed by atoms with Gasteiger partial charge < -0.3 is 21.0 Å². The molecule has 18 heavy (non-hydrogen) atoms. The summed E-state index contributed by atoms with van der Waals surface area (Å²) < 4.78 is 5.36. The van der Waals surface area contributed by atoms with Crippen LogP contribution in [0.1, 0.15) is 26.2 Å². The molecule has 5 heteroatoms. The minimum atomic E-state index is 0.288. The number of hydrogen-bond acceptors (Lipinski definition) is 4. The van der Waals surface area contributed by atoms with Gasteiger partial charge in [0.2, 0.25) is 0 Å². The molecule has 0 heterocycles. The van der Waals surface area contributed by atoms with Crippen molar-refractivity contribution in [3.05, 3.63) is 24.3 Å². The maximum absolute atomic E-state index is 8.37. The molecule has 0 aliphatic carbocycles. The molecule has 0 saturated heterocycles. The number of rotatable bonds is 8. The molecule has 5 nitrogen and oxygen atoms in total. The van der Waals surface area contributed by atoms with Crippen LogP contribution >= 0.6 is 0 Å². The first-order valence-corrected chi connectivity index (χ1v) is 6.19. The molecule has 0 aliphatic rings. The second-order valence-electron chi connectivity index (χ2n) is 3.93. The maximum Gasteiger partial charge on any atom is 0.139 e. The average molecular weight is 251 g/mol. The van der Waals surface area contributed by atoms with Crippen LogP contribution in [0.3, 0.4) is 0 Å². The van der Waals surface area contributed by atoms with Gasteiger partial charge in [-0.1, -0.05) is 5.16 Å². The highest BCUT2D eigenvalue weighted by atomic mass is 16.5. The first kappa shape index (κ1) is 14.2. The number of nitrogens with two attached hydrogens (primary N) is 1. The fraction of sp³-hybridized carbons (Fsp3) is 0.462. The zero-order chi connectivity index (χ0) is 13.2. The van der Waals surface area contributed by atoms with Gasteiger partial charge in [0.25, 0.3) is 0 Å². The molecule has 0 aromatic heterocycles. The van der Waals surface area contributed by atoms with Crippen molar-refractivity contribution in [3.63, 3.8) is 0 Å². The van der Waals surface area contributed by atoms with Crippen LogP contribution in [0, 0.1) is 0 Å². The van der Waals surface area contributed by atoms with E-state index in [4.69, 9.17) is 15.7 Å². The minimum Gasteiger partial charge on any atom is -0.494 e. The number of hydrogen-bond donors (Lipinski definition) is 3. The van der Waals surface area contributed by atoms with E-state index >= 15 is 0 Å². The predicted molar refractivity (Wildman–Crippen MR) is 73.4 cm³/mol. The van der Waals surface area contributed by atoms with Crippen LogP contribution < -0.4 is 15.8 Å². The molecular weight excluding hydrogens is 230 g/mol. The summed E-state index contributed by atoms with van der Waals surface area (Å²) in [7, 11) is 0. The lowest BCUT2D eigenvalue weighted by molar-refractivity contribution is 0.316. The Labute approximate surface area is 108 Å². The van der Waals surface area contributed by atoms with Gasteiger partial charge in [0.1, 0.15) is 11.6 Å². The van der Waals surface area contributed by atoms with E-state index in [2.05, 4.69) is 10.5 Å². The molecule has 0 atom stereocenters. The molecule has 0 spiro atoms. The molecule has 1 aromatic carbocycles. The highest BCUT2D eigenvalue weighted by Gasteiger charge is 1.96. The van der Waals surface area contributed by atoms with E-state index in [1.807, 2.05) is 31.2 Å². The number of unbranched alkanes of at least 4 members (excludes halogenated alkanes) is 1. The molecule has 0 amide bonds. The van der Waals surface area contributed by atoms with Gasteiger partial charge in [0.15, 0.2) is 0 Å². The lowest BCUT2D eigenvalue weighted by atomic mass is 10.2. The van der Waals surface area contributed by atoms with Crippen LogP contribution in [-0.2, 0) is 0 Å². The van der Waals surface area contributed by atoms with Gasteiger partial charge in [-0.25, -0.2) is 0 Å². The first-order valence-electron chi connectivity index (χ1n) is 6.19. The largest absolute Gasteiger partial charge is 0.494 e. The van der Waals surface area contributed by atoms with Crippen molar-refractivity contribution in [3.8, 4) is 5.75 Å². The average Bonchev–Trinajstić information content (AvgIpc) is 2.40. The molecule has 0 unspecified atom stereocenters. The SMILES string of the molecule is CCOc1ccc(NCCCCC(N)=NO)cc1. The summed E-state index contributed by atoms with van der Waals surface area (Å²) in [6.07, 6.45) is 2.50. The third-order valence-corrected chi connectivity index (χ3v) is 2.48. The topological polar surface area (TPSA) is 79.9 Å². The fourth-order valence-corrected chi connectivity index (χ4v) is 1.55. The van der Waals surface area contributed by atoms with E-state index in [0.29, 0.717) is 13.0 Å². The molecule has 0 radical (unpaired) electrons. The maximum atomic E-state index is 8.37. The highest BCUT2D eigenvalue weighted by molar-refractivity contribution is 5.79. The molecule has 1 rings (SSSR count). The molecule has 1 aromatic rings. The number of nitrogens with zero attached hydrogens (tertiary/aromatic N) is 1. The number of anilines is 1. The summed E-state index contributed by atoms with van der Waals surface area (Å²) in [6, 6.07) is 7.88. The van der Waals surface area contributed by atoms with Gasteiger partial charge in [-0.3, -0.25) is 0 Å². The summed E-state index contributed by atoms with van der Waals surface area (Å²) in [5.41, 5.74) is 6.45. The Morgan fingerprint density at radius 3 is 2.67 bits per heavy atom. The molecule has 0 fully saturated rings. The Balaban J connectivity index is 2.19. The fourth-order valence-electron chi connectivity index (χ4n) is 1.55. The third-order valence-electron chi connectivity index (χ3n) is 2.48. The van der Waals surface area contributed by atoms with E-state index in [1.165, 1.54) is 0 Å². The van der Waals surface area contributed by atoms with Crippen LogP contribution in [0.5, 0.6) is 5.75 Å². The summed E-state index contributed by atoms with van der Waals surface area (Å²) in [5, 5.41) is 14.6. The van der Waals surface area contributed by atoms with Gasteiger partial charge in [0, 0.05) is 18.7 Å². The quantitative estimate of drug-likeness (QED) is 0.218. The van der Waals surface area contributed by atoms with Gasteiger partial charge in [-0.05, 0) is 44.0 Å². The van der Waals surface area contributed by atoms with E-state index in [-0.39, 0.29) is 5.84 Å². The molecular formula is C13H21N3O2. The molecule has 0 bridgehead atoms. The number of amidine groups is 1.